The van der Waals surface area contributed by atoms with Crippen LogP contribution in [-0.4, -0.2) is 17.7 Å². The minimum atomic E-state index is 0.0558. The highest BCUT2D eigenvalue weighted by atomic mass is 32.2. The summed E-state index contributed by atoms with van der Waals surface area (Å²) in [5.41, 5.74) is 0.802. The van der Waals surface area contributed by atoms with Gasteiger partial charge >= 0.3 is 0 Å². The Kier molecular flexibility index (Phi) is 7.65. The van der Waals surface area contributed by atoms with E-state index in [0.717, 1.165) is 23.4 Å². The third-order valence-electron chi connectivity index (χ3n) is 2.81. The zero-order valence-corrected chi connectivity index (χ0v) is 13.1. The van der Waals surface area contributed by atoms with Crippen LogP contribution in [0.3, 0.4) is 0 Å². The summed E-state index contributed by atoms with van der Waals surface area (Å²) in [6.07, 6.45) is 4.73. The van der Waals surface area contributed by atoms with Crippen LogP contribution >= 0.6 is 11.8 Å². The standard InChI is InChI=1S/C16H25NOS/c1-4-5-6-9-12-17-16(18)14-10-7-8-11-15(14)19-13(2)3/h7-8,10-11,13H,4-6,9,12H2,1-3H3,(H,17,18). The van der Waals surface area contributed by atoms with Gasteiger partial charge in [0.25, 0.3) is 5.91 Å². The van der Waals surface area contributed by atoms with Crippen molar-refractivity contribution in [3.63, 3.8) is 0 Å². The first-order valence-corrected chi connectivity index (χ1v) is 8.07. The fourth-order valence-electron chi connectivity index (χ4n) is 1.86. The van der Waals surface area contributed by atoms with Gasteiger partial charge in [-0.1, -0.05) is 52.2 Å². The van der Waals surface area contributed by atoms with Gasteiger partial charge in [0.05, 0.1) is 5.56 Å². The molecule has 1 rings (SSSR count). The van der Waals surface area contributed by atoms with Crippen molar-refractivity contribution in [2.75, 3.05) is 6.54 Å². The molecule has 1 amide bonds. The third-order valence-corrected chi connectivity index (χ3v) is 3.89. The fraction of sp³-hybridized carbons (Fsp3) is 0.562. The molecule has 19 heavy (non-hydrogen) atoms. The number of carbonyl (C=O) groups is 1. The van der Waals surface area contributed by atoms with E-state index in [1.807, 2.05) is 24.3 Å². The van der Waals surface area contributed by atoms with Gasteiger partial charge in [-0.05, 0) is 18.6 Å². The summed E-state index contributed by atoms with van der Waals surface area (Å²) in [5.74, 6) is 0.0558. The third kappa shape index (κ3) is 6.15. The van der Waals surface area contributed by atoms with Gasteiger partial charge in [-0.15, -0.1) is 11.8 Å². The Labute approximate surface area is 121 Å². The molecular weight excluding hydrogens is 254 g/mol. The predicted octanol–water partition coefficient (Wildman–Crippen LogP) is 4.50. The average molecular weight is 279 g/mol. The van der Waals surface area contributed by atoms with E-state index in [1.54, 1.807) is 11.8 Å². The topological polar surface area (TPSA) is 29.1 Å². The van der Waals surface area contributed by atoms with Crippen LogP contribution in [0.15, 0.2) is 29.2 Å². The Morgan fingerprint density at radius 3 is 2.63 bits per heavy atom. The SMILES string of the molecule is CCCCCCNC(=O)c1ccccc1SC(C)C. The second-order valence-corrected chi connectivity index (χ2v) is 6.60. The lowest BCUT2D eigenvalue weighted by atomic mass is 10.2. The molecule has 0 spiro atoms. The molecule has 3 heteroatoms. The molecule has 0 saturated carbocycles. The van der Waals surface area contributed by atoms with Gasteiger partial charge in [-0.2, -0.15) is 0 Å². The van der Waals surface area contributed by atoms with Crippen molar-refractivity contribution >= 4 is 17.7 Å². The summed E-state index contributed by atoms with van der Waals surface area (Å²) in [6.45, 7) is 7.26. The Morgan fingerprint density at radius 2 is 1.95 bits per heavy atom. The van der Waals surface area contributed by atoms with E-state index in [4.69, 9.17) is 0 Å². The van der Waals surface area contributed by atoms with E-state index >= 15 is 0 Å². The van der Waals surface area contributed by atoms with Crippen LogP contribution in [0.25, 0.3) is 0 Å². The number of carbonyl (C=O) groups excluding carboxylic acids is 1. The normalized spacial score (nSPS) is 10.7. The lowest BCUT2D eigenvalue weighted by Crippen LogP contribution is -2.25. The number of unbranched alkanes of at least 4 members (excludes halogenated alkanes) is 3. The summed E-state index contributed by atoms with van der Waals surface area (Å²) >= 11 is 1.74. The van der Waals surface area contributed by atoms with Crippen molar-refractivity contribution in [3.8, 4) is 0 Å². The quantitative estimate of drug-likeness (QED) is 0.561. The maximum absolute atomic E-state index is 12.2. The molecule has 1 aromatic carbocycles. The molecule has 0 saturated heterocycles. The molecule has 0 aliphatic carbocycles. The van der Waals surface area contributed by atoms with Gasteiger partial charge < -0.3 is 5.32 Å². The smallest absolute Gasteiger partial charge is 0.252 e. The fourth-order valence-corrected chi connectivity index (χ4v) is 2.81. The minimum absolute atomic E-state index is 0.0558. The van der Waals surface area contributed by atoms with E-state index in [1.165, 1.54) is 19.3 Å². The number of rotatable bonds is 8. The lowest BCUT2D eigenvalue weighted by molar-refractivity contribution is 0.0950. The number of amides is 1. The highest BCUT2D eigenvalue weighted by Gasteiger charge is 2.11. The van der Waals surface area contributed by atoms with Gasteiger partial charge in [0.15, 0.2) is 0 Å². The highest BCUT2D eigenvalue weighted by Crippen LogP contribution is 2.26. The van der Waals surface area contributed by atoms with Gasteiger partial charge in [-0.25, -0.2) is 0 Å². The van der Waals surface area contributed by atoms with Crippen LogP contribution in [0.5, 0.6) is 0 Å². The second kappa shape index (κ2) is 9.03. The summed E-state index contributed by atoms with van der Waals surface area (Å²) < 4.78 is 0. The molecule has 1 N–H and O–H groups in total. The van der Waals surface area contributed by atoms with Crippen LogP contribution in [0.4, 0.5) is 0 Å². The Hall–Kier alpha value is -0.960. The Bertz CT molecular complexity index is 390. The molecule has 0 aliphatic rings. The Balaban J connectivity index is 2.51. The molecule has 2 nitrogen and oxygen atoms in total. The molecule has 0 bridgehead atoms. The molecule has 1 aromatic rings. The van der Waals surface area contributed by atoms with E-state index in [9.17, 15) is 4.79 Å². The zero-order chi connectivity index (χ0) is 14.1. The maximum Gasteiger partial charge on any atom is 0.252 e. The van der Waals surface area contributed by atoms with Gasteiger partial charge in [-0.3, -0.25) is 4.79 Å². The number of thioether (sulfide) groups is 1. The molecule has 0 fully saturated rings. The van der Waals surface area contributed by atoms with Crippen LogP contribution in [0.2, 0.25) is 0 Å². The summed E-state index contributed by atoms with van der Waals surface area (Å²) in [4.78, 5) is 13.2. The van der Waals surface area contributed by atoms with Crippen molar-refractivity contribution in [1.82, 2.24) is 5.32 Å². The summed E-state index contributed by atoms with van der Waals surface area (Å²) in [6, 6.07) is 7.85. The number of nitrogens with one attached hydrogen (secondary N) is 1. The van der Waals surface area contributed by atoms with Gasteiger partial charge in [0, 0.05) is 16.7 Å². The lowest BCUT2D eigenvalue weighted by Gasteiger charge is -2.11. The van der Waals surface area contributed by atoms with Crippen molar-refractivity contribution < 1.29 is 4.79 Å². The molecule has 0 aromatic heterocycles. The first-order valence-electron chi connectivity index (χ1n) is 7.19. The molecule has 0 unspecified atom stereocenters. The molecule has 0 atom stereocenters. The number of benzene rings is 1. The molecule has 106 valence electrons. The largest absolute Gasteiger partial charge is 0.352 e. The van der Waals surface area contributed by atoms with Crippen LogP contribution in [-0.2, 0) is 0 Å². The predicted molar refractivity (Wildman–Crippen MR) is 83.9 cm³/mol. The zero-order valence-electron chi connectivity index (χ0n) is 12.2. The molecule has 0 radical (unpaired) electrons. The van der Waals surface area contributed by atoms with Gasteiger partial charge in [0.1, 0.15) is 0 Å². The summed E-state index contributed by atoms with van der Waals surface area (Å²) in [7, 11) is 0. The van der Waals surface area contributed by atoms with Crippen molar-refractivity contribution in [3.05, 3.63) is 29.8 Å². The number of hydrogen-bond donors (Lipinski definition) is 1. The first kappa shape index (κ1) is 16.1. The van der Waals surface area contributed by atoms with Crippen molar-refractivity contribution in [2.24, 2.45) is 0 Å². The number of hydrogen-bond acceptors (Lipinski definition) is 2. The summed E-state index contributed by atoms with van der Waals surface area (Å²) in [5, 5.41) is 3.50. The molecule has 0 aliphatic heterocycles. The Morgan fingerprint density at radius 1 is 1.21 bits per heavy atom. The first-order chi connectivity index (χ1) is 9.15. The van der Waals surface area contributed by atoms with Crippen LogP contribution in [0.1, 0.15) is 56.8 Å². The molecular formula is C16H25NOS. The van der Waals surface area contributed by atoms with Crippen molar-refractivity contribution in [2.45, 2.75) is 56.6 Å². The van der Waals surface area contributed by atoms with E-state index in [-0.39, 0.29) is 5.91 Å². The average Bonchev–Trinajstić information content (AvgIpc) is 2.38. The second-order valence-electron chi connectivity index (χ2n) is 4.98. The van der Waals surface area contributed by atoms with Crippen LogP contribution < -0.4 is 5.32 Å². The minimum Gasteiger partial charge on any atom is -0.352 e. The van der Waals surface area contributed by atoms with E-state index in [2.05, 4.69) is 26.1 Å². The maximum atomic E-state index is 12.2. The van der Waals surface area contributed by atoms with Crippen LogP contribution in [0, 0.1) is 0 Å². The highest BCUT2D eigenvalue weighted by molar-refractivity contribution is 8.00. The monoisotopic (exact) mass is 279 g/mol. The van der Waals surface area contributed by atoms with E-state index < -0.39 is 0 Å². The van der Waals surface area contributed by atoms with Gasteiger partial charge in [0.2, 0.25) is 0 Å². The van der Waals surface area contributed by atoms with Crippen molar-refractivity contribution in [1.29, 1.82) is 0 Å². The van der Waals surface area contributed by atoms with E-state index in [0.29, 0.717) is 5.25 Å². The molecule has 0 heterocycles.